The minimum absolute atomic E-state index is 0.0929. The van der Waals surface area contributed by atoms with Crippen LogP contribution in [0.4, 0.5) is 0 Å². The van der Waals surface area contributed by atoms with Crippen molar-refractivity contribution in [3.8, 4) is 0 Å². The number of likely N-dealkylation sites (tertiary alicyclic amines) is 1. The van der Waals surface area contributed by atoms with E-state index in [1.165, 1.54) is 16.7 Å². The van der Waals surface area contributed by atoms with Crippen LogP contribution in [0.2, 0.25) is 0 Å². The van der Waals surface area contributed by atoms with Crippen LogP contribution in [0.15, 0.2) is 22.1 Å². The Morgan fingerprint density at radius 3 is 3.00 bits per heavy atom. The molecule has 2 aliphatic rings. The normalized spacial score (nSPS) is 19.8. The number of hydrogen-bond donors (Lipinski definition) is 1. The number of rotatable bonds is 2. The van der Waals surface area contributed by atoms with E-state index < -0.39 is 0 Å². The SMILES string of the molecule is NCc1nc(C(=O)N2CCC3(CC2)OCCc2sccc23)co1. The molecule has 0 aliphatic carbocycles. The van der Waals surface area contributed by atoms with E-state index >= 15 is 0 Å². The van der Waals surface area contributed by atoms with Gasteiger partial charge in [0.05, 0.1) is 18.8 Å². The second-order valence-electron chi connectivity index (χ2n) is 5.97. The zero-order valence-corrected chi connectivity index (χ0v) is 13.6. The topological polar surface area (TPSA) is 81.6 Å². The average molecular weight is 333 g/mol. The maximum absolute atomic E-state index is 12.5. The maximum Gasteiger partial charge on any atom is 0.275 e. The summed E-state index contributed by atoms with van der Waals surface area (Å²) in [5.41, 5.74) is 6.92. The standard InChI is InChI=1S/C16H19N3O3S/c17-9-14-18-12(10-21-14)15(20)19-5-3-16(4-6-19)11-2-8-23-13(11)1-7-22-16/h2,8,10H,1,3-7,9,17H2. The molecule has 0 saturated carbocycles. The highest BCUT2D eigenvalue weighted by molar-refractivity contribution is 7.10. The number of carbonyl (C=O) groups excluding carboxylic acids is 1. The van der Waals surface area contributed by atoms with Gasteiger partial charge in [0.25, 0.3) is 5.91 Å². The summed E-state index contributed by atoms with van der Waals surface area (Å²) < 4.78 is 11.3. The van der Waals surface area contributed by atoms with E-state index in [9.17, 15) is 4.79 Å². The Bertz CT molecular complexity index is 716. The Morgan fingerprint density at radius 1 is 1.43 bits per heavy atom. The van der Waals surface area contributed by atoms with Gasteiger partial charge in [-0.05, 0) is 29.9 Å². The lowest BCUT2D eigenvalue weighted by atomic mass is 9.82. The third-order valence-corrected chi connectivity index (χ3v) is 5.73. The molecule has 6 nitrogen and oxygen atoms in total. The summed E-state index contributed by atoms with van der Waals surface area (Å²) in [6, 6.07) is 2.18. The summed E-state index contributed by atoms with van der Waals surface area (Å²) in [5, 5.41) is 2.14. The highest BCUT2D eigenvalue weighted by Gasteiger charge is 2.42. The molecule has 1 fully saturated rings. The zero-order valence-electron chi connectivity index (χ0n) is 12.8. The molecule has 2 aromatic rings. The van der Waals surface area contributed by atoms with Gasteiger partial charge in [0, 0.05) is 24.4 Å². The summed E-state index contributed by atoms with van der Waals surface area (Å²) in [5.74, 6) is 0.296. The first-order valence-electron chi connectivity index (χ1n) is 7.86. The van der Waals surface area contributed by atoms with Gasteiger partial charge in [-0.15, -0.1) is 11.3 Å². The third kappa shape index (κ3) is 2.49. The Morgan fingerprint density at radius 2 is 2.26 bits per heavy atom. The highest BCUT2D eigenvalue weighted by atomic mass is 32.1. The minimum Gasteiger partial charge on any atom is -0.447 e. The summed E-state index contributed by atoms with van der Waals surface area (Å²) in [7, 11) is 0. The predicted molar refractivity (Wildman–Crippen MR) is 85.2 cm³/mol. The van der Waals surface area contributed by atoms with Gasteiger partial charge in [-0.3, -0.25) is 4.79 Å². The van der Waals surface area contributed by atoms with Crippen molar-refractivity contribution in [1.29, 1.82) is 0 Å². The summed E-state index contributed by atoms with van der Waals surface area (Å²) in [4.78, 5) is 19.9. The minimum atomic E-state index is -0.212. The molecular formula is C16H19N3O3S. The Hall–Kier alpha value is -1.70. The number of aromatic nitrogens is 1. The molecular weight excluding hydrogens is 314 g/mol. The van der Waals surface area contributed by atoms with Gasteiger partial charge in [-0.2, -0.15) is 0 Å². The van der Waals surface area contributed by atoms with E-state index in [4.69, 9.17) is 14.9 Å². The molecule has 122 valence electrons. The van der Waals surface area contributed by atoms with Gasteiger partial charge in [0.1, 0.15) is 6.26 Å². The molecule has 0 unspecified atom stereocenters. The molecule has 2 aliphatic heterocycles. The zero-order chi connectivity index (χ0) is 15.9. The van der Waals surface area contributed by atoms with Crippen LogP contribution in [0.1, 0.15) is 39.7 Å². The van der Waals surface area contributed by atoms with Gasteiger partial charge >= 0.3 is 0 Å². The number of amides is 1. The maximum atomic E-state index is 12.5. The van der Waals surface area contributed by atoms with Gasteiger partial charge in [0.2, 0.25) is 5.89 Å². The molecule has 1 amide bonds. The van der Waals surface area contributed by atoms with Crippen LogP contribution in [0.25, 0.3) is 0 Å². The van der Waals surface area contributed by atoms with Crippen LogP contribution in [-0.4, -0.2) is 35.5 Å². The molecule has 0 atom stereocenters. The van der Waals surface area contributed by atoms with Crippen molar-refractivity contribution in [2.75, 3.05) is 19.7 Å². The van der Waals surface area contributed by atoms with Crippen LogP contribution >= 0.6 is 11.3 Å². The molecule has 23 heavy (non-hydrogen) atoms. The van der Waals surface area contributed by atoms with Crippen molar-refractivity contribution in [1.82, 2.24) is 9.88 Å². The predicted octanol–water partition coefficient (Wildman–Crippen LogP) is 1.90. The van der Waals surface area contributed by atoms with Crippen LogP contribution in [0.5, 0.6) is 0 Å². The van der Waals surface area contributed by atoms with Gasteiger partial charge in [-0.25, -0.2) is 4.98 Å². The number of piperidine rings is 1. The highest BCUT2D eigenvalue weighted by Crippen LogP contribution is 2.43. The number of oxazole rings is 1. The van der Waals surface area contributed by atoms with Gasteiger partial charge in [0.15, 0.2) is 5.69 Å². The van der Waals surface area contributed by atoms with Crippen molar-refractivity contribution in [2.24, 2.45) is 5.73 Å². The molecule has 0 radical (unpaired) electrons. The average Bonchev–Trinajstić information content (AvgIpc) is 3.25. The van der Waals surface area contributed by atoms with Crippen LogP contribution in [0, 0.1) is 0 Å². The number of carbonyl (C=O) groups is 1. The molecule has 4 rings (SSSR count). The van der Waals surface area contributed by atoms with Crippen LogP contribution < -0.4 is 5.73 Å². The van der Waals surface area contributed by atoms with Crippen LogP contribution in [0.3, 0.4) is 0 Å². The molecule has 1 saturated heterocycles. The Balaban J connectivity index is 1.48. The molecule has 0 bridgehead atoms. The van der Waals surface area contributed by atoms with Crippen molar-refractivity contribution in [3.05, 3.63) is 39.7 Å². The fourth-order valence-corrected chi connectivity index (χ4v) is 4.46. The van der Waals surface area contributed by atoms with Crippen LogP contribution in [-0.2, 0) is 23.3 Å². The quantitative estimate of drug-likeness (QED) is 0.908. The number of nitrogens with two attached hydrogens (primary N) is 1. The molecule has 2 N–H and O–H groups in total. The molecule has 2 aromatic heterocycles. The van der Waals surface area contributed by atoms with E-state index in [0.29, 0.717) is 24.7 Å². The summed E-state index contributed by atoms with van der Waals surface area (Å²) >= 11 is 1.81. The van der Waals surface area contributed by atoms with E-state index in [1.807, 2.05) is 16.2 Å². The number of nitrogens with zero attached hydrogens (tertiary/aromatic N) is 2. The van der Waals surface area contributed by atoms with Crippen molar-refractivity contribution in [2.45, 2.75) is 31.4 Å². The second kappa shape index (κ2) is 5.74. The van der Waals surface area contributed by atoms with Crippen molar-refractivity contribution in [3.63, 3.8) is 0 Å². The fourth-order valence-electron chi connectivity index (χ4n) is 3.51. The molecule has 0 aromatic carbocycles. The van der Waals surface area contributed by atoms with Gasteiger partial charge < -0.3 is 19.8 Å². The number of thiophene rings is 1. The number of hydrogen-bond acceptors (Lipinski definition) is 6. The van der Waals surface area contributed by atoms with E-state index in [-0.39, 0.29) is 18.1 Å². The summed E-state index contributed by atoms with van der Waals surface area (Å²) in [6.07, 6.45) is 4.04. The molecule has 1 spiro atoms. The fraction of sp³-hybridized carbons (Fsp3) is 0.500. The van der Waals surface area contributed by atoms with Crippen molar-refractivity contribution < 1.29 is 13.9 Å². The number of ether oxygens (including phenoxy) is 1. The first kappa shape index (κ1) is 14.9. The first-order chi connectivity index (χ1) is 11.2. The first-order valence-corrected chi connectivity index (χ1v) is 8.74. The van der Waals surface area contributed by atoms with Crippen molar-refractivity contribution >= 4 is 17.2 Å². The molecule has 4 heterocycles. The van der Waals surface area contributed by atoms with E-state index in [0.717, 1.165) is 25.9 Å². The van der Waals surface area contributed by atoms with Gasteiger partial charge in [-0.1, -0.05) is 0 Å². The second-order valence-corrected chi connectivity index (χ2v) is 6.97. The third-order valence-electron chi connectivity index (χ3n) is 4.75. The lowest BCUT2D eigenvalue weighted by molar-refractivity contribution is -0.0926. The summed E-state index contributed by atoms with van der Waals surface area (Å²) in [6.45, 7) is 2.30. The smallest absolute Gasteiger partial charge is 0.275 e. The Kier molecular flexibility index (Phi) is 3.71. The molecule has 7 heteroatoms. The monoisotopic (exact) mass is 333 g/mol. The Labute approximate surface area is 138 Å². The lowest BCUT2D eigenvalue weighted by Gasteiger charge is -2.43. The largest absolute Gasteiger partial charge is 0.447 e. The van der Waals surface area contributed by atoms with E-state index in [2.05, 4.69) is 16.4 Å². The lowest BCUT2D eigenvalue weighted by Crippen LogP contribution is -2.48. The number of fused-ring (bicyclic) bond motifs is 2. The van der Waals surface area contributed by atoms with E-state index in [1.54, 1.807) is 0 Å².